The molecule has 0 amide bonds. The molecule has 0 unspecified atom stereocenters. The van der Waals surface area contributed by atoms with Gasteiger partial charge in [0.1, 0.15) is 11.5 Å². The van der Waals surface area contributed by atoms with Crippen molar-refractivity contribution in [3.05, 3.63) is 60.3 Å². The van der Waals surface area contributed by atoms with Gasteiger partial charge in [0.2, 0.25) is 0 Å². The number of aryl methyl sites for hydroxylation is 1. The van der Waals surface area contributed by atoms with Crippen LogP contribution in [0.1, 0.15) is 5.69 Å². The van der Waals surface area contributed by atoms with Crippen LogP contribution >= 0.6 is 0 Å². The van der Waals surface area contributed by atoms with Gasteiger partial charge in [-0.3, -0.25) is 0 Å². The minimum atomic E-state index is 0.174. The number of benzene rings is 3. The van der Waals surface area contributed by atoms with Crippen LogP contribution in [0, 0.1) is 6.92 Å². The molecule has 22 heavy (non-hydrogen) atoms. The Labute approximate surface area is 127 Å². The Morgan fingerprint density at radius 3 is 2.23 bits per heavy atom. The SMILES string of the molecule is Cc1[nH]c2ccccc2c1-c1cc(O)c2ccccc2c1O. The Kier molecular flexibility index (Phi) is 2.63. The molecule has 0 aliphatic carbocycles. The Hall–Kier alpha value is -2.94. The van der Waals surface area contributed by atoms with Gasteiger partial charge in [-0.05, 0) is 19.1 Å². The quantitative estimate of drug-likeness (QED) is 0.444. The van der Waals surface area contributed by atoms with Crippen LogP contribution in [0.25, 0.3) is 32.8 Å². The second kappa shape index (κ2) is 4.53. The standard InChI is InChI=1S/C19H15NO2/c1-11-18(14-8-4-5-9-16(14)20-11)15-10-17(21)12-6-2-3-7-13(12)19(15)22/h2-10,20-22H,1H3. The fourth-order valence-corrected chi connectivity index (χ4v) is 3.16. The molecule has 3 aromatic carbocycles. The highest BCUT2D eigenvalue weighted by molar-refractivity contribution is 6.05. The van der Waals surface area contributed by atoms with Crippen molar-refractivity contribution in [1.82, 2.24) is 4.98 Å². The Bertz CT molecular complexity index is 1010. The third kappa shape index (κ3) is 1.69. The molecule has 0 spiro atoms. The fourth-order valence-electron chi connectivity index (χ4n) is 3.16. The van der Waals surface area contributed by atoms with E-state index >= 15 is 0 Å². The second-order valence-corrected chi connectivity index (χ2v) is 5.51. The molecule has 0 saturated carbocycles. The maximum absolute atomic E-state index is 10.7. The van der Waals surface area contributed by atoms with Crippen molar-refractivity contribution >= 4 is 21.7 Å². The monoisotopic (exact) mass is 289 g/mol. The number of H-pyrrole nitrogens is 1. The van der Waals surface area contributed by atoms with E-state index in [2.05, 4.69) is 4.98 Å². The number of aromatic amines is 1. The van der Waals surface area contributed by atoms with Crippen molar-refractivity contribution in [2.45, 2.75) is 6.92 Å². The lowest BCUT2D eigenvalue weighted by atomic mass is 9.97. The summed E-state index contributed by atoms with van der Waals surface area (Å²) in [6.45, 7) is 1.97. The summed E-state index contributed by atoms with van der Waals surface area (Å²) in [5, 5.41) is 23.4. The van der Waals surface area contributed by atoms with E-state index in [0.717, 1.165) is 22.2 Å². The molecule has 3 N–H and O–H groups in total. The summed E-state index contributed by atoms with van der Waals surface area (Å²) in [6.07, 6.45) is 0. The van der Waals surface area contributed by atoms with Crippen LogP contribution in [0.4, 0.5) is 0 Å². The number of aromatic hydroxyl groups is 2. The van der Waals surface area contributed by atoms with E-state index in [0.29, 0.717) is 16.3 Å². The molecule has 108 valence electrons. The number of phenols is 2. The van der Waals surface area contributed by atoms with Crippen LogP contribution in [0.2, 0.25) is 0 Å². The minimum absolute atomic E-state index is 0.174. The number of rotatable bonds is 1. The maximum atomic E-state index is 10.7. The molecule has 3 heteroatoms. The Morgan fingerprint density at radius 1 is 0.818 bits per heavy atom. The van der Waals surface area contributed by atoms with Gasteiger partial charge in [0.05, 0.1) is 0 Å². The second-order valence-electron chi connectivity index (χ2n) is 5.51. The molecule has 4 rings (SSSR count). The fraction of sp³-hybridized carbons (Fsp3) is 0.0526. The zero-order valence-corrected chi connectivity index (χ0v) is 12.1. The summed E-state index contributed by atoms with van der Waals surface area (Å²) in [5.41, 5.74) is 3.55. The molecule has 3 nitrogen and oxygen atoms in total. The van der Waals surface area contributed by atoms with Crippen molar-refractivity contribution in [3.8, 4) is 22.6 Å². The number of hydrogen-bond donors (Lipinski definition) is 3. The van der Waals surface area contributed by atoms with E-state index in [1.165, 1.54) is 0 Å². The lowest BCUT2D eigenvalue weighted by Crippen LogP contribution is -1.84. The molecule has 1 heterocycles. The predicted octanol–water partition coefficient (Wildman–Crippen LogP) is 4.71. The molecular weight excluding hydrogens is 274 g/mol. The first-order chi connectivity index (χ1) is 10.7. The van der Waals surface area contributed by atoms with Gasteiger partial charge in [-0.1, -0.05) is 42.5 Å². The van der Waals surface area contributed by atoms with Gasteiger partial charge >= 0.3 is 0 Å². The topological polar surface area (TPSA) is 56.2 Å². The average Bonchev–Trinajstić information content (AvgIpc) is 2.87. The highest BCUT2D eigenvalue weighted by Crippen LogP contribution is 2.44. The van der Waals surface area contributed by atoms with Gasteiger partial charge in [-0.25, -0.2) is 0 Å². The first kappa shape index (κ1) is 12.8. The van der Waals surface area contributed by atoms with E-state index in [9.17, 15) is 10.2 Å². The van der Waals surface area contributed by atoms with Crippen LogP contribution in [-0.4, -0.2) is 15.2 Å². The summed E-state index contributed by atoms with van der Waals surface area (Å²) in [7, 11) is 0. The lowest BCUT2D eigenvalue weighted by Gasteiger charge is -2.10. The number of aromatic nitrogens is 1. The number of nitrogens with one attached hydrogen (secondary N) is 1. The molecule has 0 atom stereocenters. The van der Waals surface area contributed by atoms with Crippen molar-refractivity contribution < 1.29 is 10.2 Å². The van der Waals surface area contributed by atoms with Gasteiger partial charge in [0.15, 0.2) is 0 Å². The van der Waals surface area contributed by atoms with Gasteiger partial charge in [0.25, 0.3) is 0 Å². The Balaban J connectivity index is 2.13. The van der Waals surface area contributed by atoms with Crippen LogP contribution in [0.3, 0.4) is 0 Å². The van der Waals surface area contributed by atoms with Crippen LogP contribution in [-0.2, 0) is 0 Å². The average molecular weight is 289 g/mol. The van der Waals surface area contributed by atoms with E-state index in [1.807, 2.05) is 49.4 Å². The summed E-state index contributed by atoms with van der Waals surface area (Å²) < 4.78 is 0. The van der Waals surface area contributed by atoms with Gasteiger partial charge < -0.3 is 15.2 Å². The zero-order valence-electron chi connectivity index (χ0n) is 12.1. The van der Waals surface area contributed by atoms with E-state index < -0.39 is 0 Å². The van der Waals surface area contributed by atoms with E-state index in [-0.39, 0.29) is 11.5 Å². The summed E-state index contributed by atoms with van der Waals surface area (Å²) in [4.78, 5) is 3.33. The zero-order chi connectivity index (χ0) is 15.3. The normalized spacial score (nSPS) is 11.3. The molecule has 0 saturated heterocycles. The maximum Gasteiger partial charge on any atom is 0.131 e. The predicted molar refractivity (Wildman–Crippen MR) is 89.3 cm³/mol. The molecule has 1 aromatic heterocycles. The smallest absolute Gasteiger partial charge is 0.131 e. The molecule has 0 aliphatic rings. The van der Waals surface area contributed by atoms with Crippen molar-refractivity contribution in [1.29, 1.82) is 0 Å². The van der Waals surface area contributed by atoms with Crippen LogP contribution in [0.15, 0.2) is 54.6 Å². The third-order valence-electron chi connectivity index (χ3n) is 4.16. The van der Waals surface area contributed by atoms with Gasteiger partial charge in [-0.2, -0.15) is 0 Å². The number of para-hydroxylation sites is 1. The van der Waals surface area contributed by atoms with Gasteiger partial charge in [-0.15, -0.1) is 0 Å². The van der Waals surface area contributed by atoms with E-state index in [4.69, 9.17) is 0 Å². The van der Waals surface area contributed by atoms with Crippen LogP contribution in [0.5, 0.6) is 11.5 Å². The number of hydrogen-bond acceptors (Lipinski definition) is 2. The number of fused-ring (bicyclic) bond motifs is 2. The van der Waals surface area contributed by atoms with E-state index in [1.54, 1.807) is 12.1 Å². The first-order valence-electron chi connectivity index (χ1n) is 7.18. The lowest BCUT2D eigenvalue weighted by molar-refractivity contribution is 0.471. The first-order valence-corrected chi connectivity index (χ1v) is 7.18. The minimum Gasteiger partial charge on any atom is -0.507 e. The molecular formula is C19H15NO2. The molecule has 0 bridgehead atoms. The Morgan fingerprint density at radius 2 is 1.45 bits per heavy atom. The highest BCUT2D eigenvalue weighted by Gasteiger charge is 2.17. The molecule has 0 fully saturated rings. The van der Waals surface area contributed by atoms with Crippen LogP contribution < -0.4 is 0 Å². The molecule has 0 radical (unpaired) electrons. The van der Waals surface area contributed by atoms with Crippen molar-refractivity contribution in [2.75, 3.05) is 0 Å². The van der Waals surface area contributed by atoms with Crippen molar-refractivity contribution in [3.63, 3.8) is 0 Å². The number of phenolic OH excluding ortho intramolecular Hbond substituents is 2. The van der Waals surface area contributed by atoms with Crippen molar-refractivity contribution in [2.24, 2.45) is 0 Å². The molecule has 4 aromatic rings. The summed E-state index contributed by atoms with van der Waals surface area (Å²) in [5.74, 6) is 0.370. The highest BCUT2D eigenvalue weighted by atomic mass is 16.3. The summed E-state index contributed by atoms with van der Waals surface area (Å²) in [6, 6.07) is 16.9. The largest absolute Gasteiger partial charge is 0.507 e. The molecule has 0 aliphatic heterocycles. The van der Waals surface area contributed by atoms with Gasteiger partial charge in [0, 0.05) is 38.5 Å². The summed E-state index contributed by atoms with van der Waals surface area (Å²) >= 11 is 0. The third-order valence-corrected chi connectivity index (χ3v) is 4.16.